The van der Waals surface area contributed by atoms with E-state index in [2.05, 4.69) is 16.9 Å². The Morgan fingerprint density at radius 3 is 2.56 bits per heavy atom. The lowest BCUT2D eigenvalue weighted by Gasteiger charge is -2.25. The van der Waals surface area contributed by atoms with Gasteiger partial charge in [-0.2, -0.15) is 0 Å². The SMILES string of the molecule is Cc1cccc(-c2[nH]c(C(=O)OC3CCC(C)CC3)cc2C2CCCC2)n1. The number of rotatable bonds is 4. The van der Waals surface area contributed by atoms with Crippen LogP contribution in [0, 0.1) is 12.8 Å². The molecule has 0 radical (unpaired) electrons. The number of hydrogen-bond donors (Lipinski definition) is 1. The number of esters is 1. The fourth-order valence-electron chi connectivity index (χ4n) is 4.60. The molecule has 0 aromatic carbocycles. The Labute approximate surface area is 161 Å². The minimum absolute atomic E-state index is 0.0625. The van der Waals surface area contributed by atoms with Crippen LogP contribution in [0.4, 0.5) is 0 Å². The van der Waals surface area contributed by atoms with Crippen molar-refractivity contribution in [2.24, 2.45) is 5.92 Å². The van der Waals surface area contributed by atoms with Gasteiger partial charge in [0.2, 0.25) is 0 Å². The Morgan fingerprint density at radius 1 is 1.11 bits per heavy atom. The molecule has 27 heavy (non-hydrogen) atoms. The molecule has 2 fully saturated rings. The third-order valence-electron chi connectivity index (χ3n) is 6.24. The van der Waals surface area contributed by atoms with Crippen molar-refractivity contribution in [1.29, 1.82) is 0 Å². The second kappa shape index (κ2) is 7.87. The number of nitrogens with zero attached hydrogens (tertiary/aromatic N) is 1. The maximum absolute atomic E-state index is 12.8. The van der Waals surface area contributed by atoms with Crippen LogP contribution in [0.2, 0.25) is 0 Å². The number of aromatic amines is 1. The van der Waals surface area contributed by atoms with Gasteiger partial charge in [-0.25, -0.2) is 4.79 Å². The van der Waals surface area contributed by atoms with Crippen molar-refractivity contribution in [3.8, 4) is 11.4 Å². The lowest BCUT2D eigenvalue weighted by molar-refractivity contribution is 0.0168. The fraction of sp³-hybridized carbons (Fsp3) is 0.565. The first-order valence-corrected chi connectivity index (χ1v) is 10.5. The van der Waals surface area contributed by atoms with Crippen LogP contribution < -0.4 is 0 Å². The number of nitrogens with one attached hydrogen (secondary N) is 1. The summed E-state index contributed by atoms with van der Waals surface area (Å²) in [6, 6.07) is 8.08. The number of pyridine rings is 1. The van der Waals surface area contributed by atoms with Gasteiger partial charge in [0.25, 0.3) is 0 Å². The van der Waals surface area contributed by atoms with Crippen LogP contribution >= 0.6 is 0 Å². The van der Waals surface area contributed by atoms with E-state index in [1.54, 1.807) is 0 Å². The molecular formula is C23H30N2O2. The molecule has 4 rings (SSSR count). The molecule has 2 saturated carbocycles. The molecule has 4 heteroatoms. The van der Waals surface area contributed by atoms with Gasteiger partial charge in [0, 0.05) is 5.69 Å². The summed E-state index contributed by atoms with van der Waals surface area (Å²) < 4.78 is 5.83. The lowest BCUT2D eigenvalue weighted by atomic mass is 9.89. The van der Waals surface area contributed by atoms with Crippen LogP contribution in [-0.4, -0.2) is 22.0 Å². The van der Waals surface area contributed by atoms with Crippen molar-refractivity contribution in [3.63, 3.8) is 0 Å². The van der Waals surface area contributed by atoms with Crippen molar-refractivity contribution in [3.05, 3.63) is 41.2 Å². The highest BCUT2D eigenvalue weighted by Gasteiger charge is 2.27. The highest BCUT2D eigenvalue weighted by atomic mass is 16.5. The summed E-state index contributed by atoms with van der Waals surface area (Å²) in [5, 5.41) is 0. The summed E-state index contributed by atoms with van der Waals surface area (Å²) in [5.41, 5.74) is 4.71. The first-order valence-electron chi connectivity index (χ1n) is 10.5. The van der Waals surface area contributed by atoms with Gasteiger partial charge in [-0.1, -0.05) is 25.8 Å². The Kier molecular flexibility index (Phi) is 5.33. The van der Waals surface area contributed by atoms with E-state index >= 15 is 0 Å². The standard InChI is InChI=1S/C23H30N2O2/c1-15-10-12-18(13-11-15)27-23(26)21-14-19(17-7-3-4-8-17)22(25-21)20-9-5-6-16(2)24-20/h5-6,9,14-15,17-18,25H,3-4,7-8,10-13H2,1-2H3. The van der Waals surface area contributed by atoms with Gasteiger partial charge < -0.3 is 9.72 Å². The van der Waals surface area contributed by atoms with Gasteiger partial charge in [-0.05, 0) is 81.0 Å². The molecule has 2 aliphatic carbocycles. The number of ether oxygens (including phenoxy) is 1. The van der Waals surface area contributed by atoms with E-state index in [4.69, 9.17) is 4.74 Å². The van der Waals surface area contributed by atoms with E-state index in [-0.39, 0.29) is 12.1 Å². The largest absolute Gasteiger partial charge is 0.458 e. The Morgan fingerprint density at radius 2 is 1.85 bits per heavy atom. The Hall–Kier alpha value is -2.10. The van der Waals surface area contributed by atoms with Gasteiger partial charge in [-0.15, -0.1) is 0 Å². The second-order valence-electron chi connectivity index (χ2n) is 8.45. The molecule has 0 bridgehead atoms. The predicted octanol–water partition coefficient (Wildman–Crippen LogP) is 5.78. The normalized spacial score (nSPS) is 23.5. The van der Waals surface area contributed by atoms with Crippen molar-refractivity contribution in [2.45, 2.75) is 77.2 Å². The van der Waals surface area contributed by atoms with Crippen LogP contribution in [0.25, 0.3) is 11.4 Å². The van der Waals surface area contributed by atoms with Crippen molar-refractivity contribution >= 4 is 5.97 Å². The quantitative estimate of drug-likeness (QED) is 0.698. The molecule has 2 heterocycles. The molecule has 0 amide bonds. The second-order valence-corrected chi connectivity index (χ2v) is 8.45. The highest BCUT2D eigenvalue weighted by Crippen LogP contribution is 2.39. The summed E-state index contributed by atoms with van der Waals surface area (Å²) in [6.07, 6.45) is 9.21. The van der Waals surface area contributed by atoms with Crippen LogP contribution in [-0.2, 0) is 4.74 Å². The molecule has 4 nitrogen and oxygen atoms in total. The van der Waals surface area contributed by atoms with E-state index in [0.717, 1.165) is 48.7 Å². The average molecular weight is 367 g/mol. The zero-order valence-corrected chi connectivity index (χ0v) is 16.5. The molecular weight excluding hydrogens is 336 g/mol. The first-order chi connectivity index (χ1) is 13.1. The minimum Gasteiger partial charge on any atom is -0.458 e. The average Bonchev–Trinajstić information content (AvgIpc) is 3.33. The van der Waals surface area contributed by atoms with Crippen LogP contribution in [0.1, 0.15) is 86.0 Å². The minimum atomic E-state index is -0.215. The van der Waals surface area contributed by atoms with Crippen molar-refractivity contribution < 1.29 is 9.53 Å². The Balaban J connectivity index is 1.59. The van der Waals surface area contributed by atoms with Gasteiger partial charge in [0.1, 0.15) is 11.8 Å². The van der Waals surface area contributed by atoms with E-state index in [1.807, 2.05) is 31.2 Å². The number of H-pyrrole nitrogens is 1. The molecule has 144 valence electrons. The molecule has 0 atom stereocenters. The van der Waals surface area contributed by atoms with Crippen LogP contribution in [0.3, 0.4) is 0 Å². The summed E-state index contributed by atoms with van der Waals surface area (Å²) >= 11 is 0. The molecule has 1 N–H and O–H groups in total. The number of aryl methyl sites for hydroxylation is 1. The van der Waals surface area contributed by atoms with Gasteiger partial charge in [0.05, 0.1) is 11.4 Å². The van der Waals surface area contributed by atoms with Gasteiger partial charge >= 0.3 is 5.97 Å². The molecule has 0 unspecified atom stereocenters. The fourth-order valence-corrected chi connectivity index (χ4v) is 4.60. The first kappa shape index (κ1) is 18.3. The van der Waals surface area contributed by atoms with Crippen molar-refractivity contribution in [1.82, 2.24) is 9.97 Å². The summed E-state index contributed by atoms with van der Waals surface area (Å²) in [4.78, 5) is 20.9. The van der Waals surface area contributed by atoms with Crippen LogP contribution in [0.5, 0.6) is 0 Å². The maximum atomic E-state index is 12.8. The third kappa shape index (κ3) is 4.10. The molecule has 2 aromatic heterocycles. The monoisotopic (exact) mass is 366 g/mol. The summed E-state index contributed by atoms with van der Waals surface area (Å²) in [7, 11) is 0. The zero-order chi connectivity index (χ0) is 18.8. The number of hydrogen-bond acceptors (Lipinski definition) is 3. The summed E-state index contributed by atoms with van der Waals surface area (Å²) in [6.45, 7) is 4.28. The highest BCUT2D eigenvalue weighted by molar-refractivity contribution is 5.89. The molecule has 2 aromatic rings. The number of carbonyl (C=O) groups is 1. The number of carbonyl (C=O) groups excluding carboxylic acids is 1. The van der Waals surface area contributed by atoms with E-state index in [9.17, 15) is 4.79 Å². The predicted molar refractivity (Wildman–Crippen MR) is 107 cm³/mol. The molecule has 2 aliphatic rings. The van der Waals surface area contributed by atoms with Crippen LogP contribution in [0.15, 0.2) is 24.3 Å². The molecule has 0 aliphatic heterocycles. The van der Waals surface area contributed by atoms with E-state index in [0.29, 0.717) is 11.6 Å². The van der Waals surface area contributed by atoms with Crippen molar-refractivity contribution in [2.75, 3.05) is 0 Å². The molecule has 0 saturated heterocycles. The maximum Gasteiger partial charge on any atom is 0.355 e. The molecule has 0 spiro atoms. The van der Waals surface area contributed by atoms with E-state index in [1.165, 1.54) is 31.2 Å². The van der Waals surface area contributed by atoms with Gasteiger partial charge in [0.15, 0.2) is 0 Å². The lowest BCUT2D eigenvalue weighted by Crippen LogP contribution is -2.23. The smallest absolute Gasteiger partial charge is 0.355 e. The third-order valence-corrected chi connectivity index (χ3v) is 6.24. The Bertz CT molecular complexity index is 796. The zero-order valence-electron chi connectivity index (χ0n) is 16.5. The topological polar surface area (TPSA) is 55.0 Å². The van der Waals surface area contributed by atoms with E-state index < -0.39 is 0 Å². The summed E-state index contributed by atoms with van der Waals surface area (Å²) in [5.74, 6) is 1.04. The number of aromatic nitrogens is 2. The van der Waals surface area contributed by atoms with Gasteiger partial charge in [-0.3, -0.25) is 4.98 Å².